The Morgan fingerprint density at radius 3 is 2.65 bits per heavy atom. The summed E-state index contributed by atoms with van der Waals surface area (Å²) in [5.41, 5.74) is 1.89. The molecule has 0 fully saturated rings. The zero-order valence-corrected chi connectivity index (χ0v) is 17.9. The average Bonchev–Trinajstić information content (AvgIpc) is 2.76. The SMILES string of the molecule is COc1cccc(C(C)NCCOc2cc(Cl)cc(-c3ccc(F)c(C(=O)O)c3)c2)c1. The van der Waals surface area contributed by atoms with Crippen LogP contribution in [-0.4, -0.2) is 31.3 Å². The molecule has 0 aromatic heterocycles. The summed E-state index contributed by atoms with van der Waals surface area (Å²) < 4.78 is 24.8. The Morgan fingerprint density at radius 2 is 1.90 bits per heavy atom. The Morgan fingerprint density at radius 1 is 1.10 bits per heavy atom. The number of carbonyl (C=O) groups is 1. The Bertz CT molecular complexity index is 1070. The first-order valence-electron chi connectivity index (χ1n) is 9.71. The summed E-state index contributed by atoms with van der Waals surface area (Å²) in [6, 6.07) is 17.0. The van der Waals surface area contributed by atoms with E-state index >= 15 is 0 Å². The largest absolute Gasteiger partial charge is 0.497 e. The number of rotatable bonds is 9. The van der Waals surface area contributed by atoms with Crippen molar-refractivity contribution in [2.75, 3.05) is 20.3 Å². The molecule has 1 unspecified atom stereocenters. The van der Waals surface area contributed by atoms with Gasteiger partial charge in [-0.2, -0.15) is 0 Å². The van der Waals surface area contributed by atoms with Gasteiger partial charge in [0.05, 0.1) is 12.7 Å². The van der Waals surface area contributed by atoms with Gasteiger partial charge in [-0.15, -0.1) is 0 Å². The minimum Gasteiger partial charge on any atom is -0.497 e. The zero-order valence-electron chi connectivity index (χ0n) is 17.2. The number of carboxylic acid groups (broad SMARTS) is 1. The Labute approximate surface area is 185 Å². The van der Waals surface area contributed by atoms with E-state index in [2.05, 4.69) is 12.2 Å². The highest BCUT2D eigenvalue weighted by Gasteiger charge is 2.13. The van der Waals surface area contributed by atoms with Crippen molar-refractivity contribution in [2.45, 2.75) is 13.0 Å². The van der Waals surface area contributed by atoms with Gasteiger partial charge in [-0.3, -0.25) is 0 Å². The maximum atomic E-state index is 13.7. The molecule has 0 amide bonds. The number of nitrogens with one attached hydrogen (secondary N) is 1. The standard InChI is InChI=1S/C24H23ClFNO4/c1-15(16-4-3-5-20(11-16)30-2)27-8-9-31-21-12-18(10-19(25)14-21)17-6-7-23(26)22(13-17)24(28)29/h3-7,10-15,27H,8-9H2,1-2H3,(H,28,29). The average molecular weight is 444 g/mol. The van der Waals surface area contributed by atoms with E-state index in [1.54, 1.807) is 25.3 Å². The molecule has 3 aromatic carbocycles. The van der Waals surface area contributed by atoms with Crippen molar-refractivity contribution >= 4 is 17.6 Å². The quantitative estimate of drug-likeness (QED) is 0.422. The molecule has 3 aromatic rings. The fourth-order valence-electron chi connectivity index (χ4n) is 3.15. The van der Waals surface area contributed by atoms with Crippen LogP contribution in [0.2, 0.25) is 5.02 Å². The fraction of sp³-hybridized carbons (Fsp3) is 0.208. The van der Waals surface area contributed by atoms with E-state index in [1.807, 2.05) is 24.3 Å². The summed E-state index contributed by atoms with van der Waals surface area (Å²) >= 11 is 6.21. The van der Waals surface area contributed by atoms with Crippen molar-refractivity contribution in [3.8, 4) is 22.6 Å². The van der Waals surface area contributed by atoms with E-state index in [0.717, 1.165) is 17.4 Å². The molecule has 0 spiro atoms. The van der Waals surface area contributed by atoms with E-state index in [9.17, 15) is 9.18 Å². The van der Waals surface area contributed by atoms with Crippen LogP contribution >= 0.6 is 11.6 Å². The van der Waals surface area contributed by atoms with E-state index < -0.39 is 17.3 Å². The lowest BCUT2D eigenvalue weighted by atomic mass is 10.0. The topological polar surface area (TPSA) is 67.8 Å². The van der Waals surface area contributed by atoms with Crippen LogP contribution in [0.5, 0.6) is 11.5 Å². The second-order valence-electron chi connectivity index (χ2n) is 6.98. The summed E-state index contributed by atoms with van der Waals surface area (Å²) in [7, 11) is 1.64. The predicted molar refractivity (Wildman–Crippen MR) is 119 cm³/mol. The van der Waals surface area contributed by atoms with Gasteiger partial charge in [0.15, 0.2) is 0 Å². The Balaban J connectivity index is 1.63. The van der Waals surface area contributed by atoms with E-state index in [4.69, 9.17) is 26.2 Å². The molecule has 7 heteroatoms. The van der Waals surface area contributed by atoms with Crippen molar-refractivity contribution < 1.29 is 23.8 Å². The Hall–Kier alpha value is -3.09. The molecule has 0 saturated heterocycles. The van der Waals surface area contributed by atoms with Gasteiger partial charge < -0.3 is 19.9 Å². The van der Waals surface area contributed by atoms with Crippen molar-refractivity contribution in [1.29, 1.82) is 0 Å². The molecule has 0 heterocycles. The summed E-state index contributed by atoms with van der Waals surface area (Å²) in [6.07, 6.45) is 0. The second-order valence-corrected chi connectivity index (χ2v) is 7.41. The van der Waals surface area contributed by atoms with Crippen LogP contribution in [0.25, 0.3) is 11.1 Å². The number of carboxylic acids is 1. The van der Waals surface area contributed by atoms with Crippen molar-refractivity contribution in [2.24, 2.45) is 0 Å². The molecule has 162 valence electrons. The highest BCUT2D eigenvalue weighted by molar-refractivity contribution is 6.31. The van der Waals surface area contributed by atoms with Gasteiger partial charge in [-0.1, -0.05) is 29.8 Å². The van der Waals surface area contributed by atoms with Gasteiger partial charge in [0.2, 0.25) is 0 Å². The predicted octanol–water partition coefficient (Wildman–Crippen LogP) is 5.58. The molecule has 0 aliphatic rings. The maximum absolute atomic E-state index is 13.7. The van der Waals surface area contributed by atoms with Crippen LogP contribution in [0.3, 0.4) is 0 Å². The third-order valence-corrected chi connectivity index (χ3v) is 5.03. The van der Waals surface area contributed by atoms with Gasteiger partial charge in [-0.25, -0.2) is 9.18 Å². The van der Waals surface area contributed by atoms with Crippen LogP contribution < -0.4 is 14.8 Å². The van der Waals surface area contributed by atoms with E-state index in [-0.39, 0.29) is 6.04 Å². The van der Waals surface area contributed by atoms with Crippen LogP contribution in [0.15, 0.2) is 60.7 Å². The van der Waals surface area contributed by atoms with Crippen molar-refractivity contribution in [3.05, 3.63) is 82.6 Å². The fourth-order valence-corrected chi connectivity index (χ4v) is 3.38. The zero-order chi connectivity index (χ0) is 22.4. The number of hydrogen-bond acceptors (Lipinski definition) is 4. The summed E-state index contributed by atoms with van der Waals surface area (Å²) in [6.45, 7) is 3.05. The van der Waals surface area contributed by atoms with Gasteiger partial charge >= 0.3 is 5.97 Å². The second kappa shape index (κ2) is 10.3. The van der Waals surface area contributed by atoms with Crippen molar-refractivity contribution in [3.63, 3.8) is 0 Å². The molecule has 3 rings (SSSR count). The molecular formula is C24H23ClFNO4. The lowest BCUT2D eigenvalue weighted by Crippen LogP contribution is -2.24. The number of benzene rings is 3. The number of methoxy groups -OCH3 is 1. The normalized spacial score (nSPS) is 11.7. The summed E-state index contributed by atoms with van der Waals surface area (Å²) in [4.78, 5) is 11.2. The van der Waals surface area contributed by atoms with Crippen LogP contribution in [0.1, 0.15) is 28.9 Å². The number of ether oxygens (including phenoxy) is 2. The first-order chi connectivity index (χ1) is 14.9. The molecule has 0 bridgehead atoms. The number of aromatic carboxylic acids is 1. The van der Waals surface area contributed by atoms with Gasteiger partial charge in [-0.05, 0) is 66.1 Å². The van der Waals surface area contributed by atoms with Crippen LogP contribution in [-0.2, 0) is 0 Å². The minimum absolute atomic E-state index is 0.113. The van der Waals surface area contributed by atoms with Crippen LogP contribution in [0, 0.1) is 5.82 Å². The molecule has 0 aliphatic heterocycles. The summed E-state index contributed by atoms with van der Waals surface area (Å²) in [5.74, 6) is -0.764. The van der Waals surface area contributed by atoms with Gasteiger partial charge in [0.25, 0.3) is 0 Å². The minimum atomic E-state index is -1.32. The van der Waals surface area contributed by atoms with E-state index in [1.165, 1.54) is 12.1 Å². The molecule has 0 saturated carbocycles. The lowest BCUT2D eigenvalue weighted by molar-refractivity contribution is 0.0692. The smallest absolute Gasteiger partial charge is 0.338 e. The third kappa shape index (κ3) is 5.96. The lowest BCUT2D eigenvalue weighted by Gasteiger charge is -2.16. The first kappa shape index (κ1) is 22.6. The number of halogens is 2. The molecule has 0 aliphatic carbocycles. The molecule has 2 N–H and O–H groups in total. The third-order valence-electron chi connectivity index (χ3n) is 4.82. The van der Waals surface area contributed by atoms with Gasteiger partial charge in [0, 0.05) is 17.6 Å². The monoisotopic (exact) mass is 443 g/mol. The van der Waals surface area contributed by atoms with Gasteiger partial charge in [0.1, 0.15) is 23.9 Å². The molecule has 1 atom stereocenters. The maximum Gasteiger partial charge on any atom is 0.338 e. The van der Waals surface area contributed by atoms with Crippen LogP contribution in [0.4, 0.5) is 4.39 Å². The molecular weight excluding hydrogens is 421 g/mol. The van der Waals surface area contributed by atoms with E-state index in [0.29, 0.717) is 35.1 Å². The summed E-state index contributed by atoms with van der Waals surface area (Å²) in [5, 5.41) is 13.0. The highest BCUT2D eigenvalue weighted by Crippen LogP contribution is 2.30. The van der Waals surface area contributed by atoms with Crippen molar-refractivity contribution in [1.82, 2.24) is 5.32 Å². The first-order valence-corrected chi connectivity index (χ1v) is 10.1. The highest BCUT2D eigenvalue weighted by atomic mass is 35.5. The number of hydrogen-bond donors (Lipinski definition) is 2. The molecule has 31 heavy (non-hydrogen) atoms. The molecule has 5 nitrogen and oxygen atoms in total. The Kier molecular flexibility index (Phi) is 7.50. The molecule has 0 radical (unpaired) electrons.